The monoisotopic (exact) mass is 259 g/mol. The molecule has 0 aromatic carbocycles. The highest BCUT2D eigenvalue weighted by molar-refractivity contribution is 4.77. The minimum absolute atomic E-state index is 0.385. The number of aliphatic hydroxyl groups is 2. The van der Waals surface area contributed by atoms with E-state index in [0.29, 0.717) is 25.6 Å². The van der Waals surface area contributed by atoms with Crippen molar-refractivity contribution in [1.82, 2.24) is 5.32 Å². The summed E-state index contributed by atoms with van der Waals surface area (Å²) in [7, 11) is 0. The molecule has 108 valence electrons. The summed E-state index contributed by atoms with van der Waals surface area (Å²) in [5.74, 6) is 1.20. The molecule has 1 fully saturated rings. The van der Waals surface area contributed by atoms with Crippen molar-refractivity contribution < 1.29 is 14.9 Å². The molecular weight excluding hydrogens is 230 g/mol. The van der Waals surface area contributed by atoms with E-state index >= 15 is 0 Å². The van der Waals surface area contributed by atoms with Crippen LogP contribution in [-0.2, 0) is 4.74 Å². The molecule has 1 aliphatic carbocycles. The first-order chi connectivity index (χ1) is 8.39. The van der Waals surface area contributed by atoms with Gasteiger partial charge in [0.05, 0.1) is 18.3 Å². The van der Waals surface area contributed by atoms with Crippen LogP contribution in [0.2, 0.25) is 0 Å². The van der Waals surface area contributed by atoms with Crippen LogP contribution in [-0.4, -0.2) is 48.2 Å². The molecule has 3 N–H and O–H groups in total. The molecule has 1 rings (SSSR count). The Hall–Kier alpha value is -0.160. The second kappa shape index (κ2) is 7.43. The summed E-state index contributed by atoms with van der Waals surface area (Å²) in [6.45, 7) is 8.15. The van der Waals surface area contributed by atoms with E-state index in [2.05, 4.69) is 19.2 Å². The Morgan fingerprint density at radius 1 is 1.39 bits per heavy atom. The zero-order chi connectivity index (χ0) is 13.6. The normalized spacial score (nSPS) is 21.0. The van der Waals surface area contributed by atoms with Gasteiger partial charge in [0.25, 0.3) is 0 Å². The van der Waals surface area contributed by atoms with E-state index in [4.69, 9.17) is 4.74 Å². The van der Waals surface area contributed by atoms with E-state index in [-0.39, 0.29) is 0 Å². The average Bonchev–Trinajstić information content (AvgIpc) is 2.99. The van der Waals surface area contributed by atoms with E-state index in [0.717, 1.165) is 18.9 Å². The Balaban J connectivity index is 2.00. The number of ether oxygens (including phenoxy) is 1. The minimum atomic E-state index is -0.706. The van der Waals surface area contributed by atoms with Crippen molar-refractivity contribution in [2.75, 3.05) is 26.3 Å². The number of hydrogen-bond acceptors (Lipinski definition) is 4. The third kappa shape index (κ3) is 8.03. The first kappa shape index (κ1) is 15.9. The van der Waals surface area contributed by atoms with Crippen molar-refractivity contribution in [3.63, 3.8) is 0 Å². The van der Waals surface area contributed by atoms with Crippen molar-refractivity contribution >= 4 is 0 Å². The third-order valence-electron chi connectivity index (χ3n) is 3.09. The number of aliphatic hydroxyl groups excluding tert-OH is 1. The van der Waals surface area contributed by atoms with Gasteiger partial charge in [-0.2, -0.15) is 0 Å². The van der Waals surface area contributed by atoms with Gasteiger partial charge in [-0.1, -0.05) is 13.8 Å². The Kier molecular flexibility index (Phi) is 6.57. The van der Waals surface area contributed by atoms with Crippen LogP contribution in [0.4, 0.5) is 0 Å². The second-order valence-electron chi connectivity index (χ2n) is 6.36. The molecule has 0 bridgehead atoms. The van der Waals surface area contributed by atoms with Crippen molar-refractivity contribution in [2.45, 2.75) is 51.7 Å². The van der Waals surface area contributed by atoms with E-state index in [1.807, 2.05) is 6.92 Å². The largest absolute Gasteiger partial charge is 0.389 e. The molecular formula is C14H29NO3. The Bertz CT molecular complexity index is 227. The van der Waals surface area contributed by atoms with Crippen LogP contribution < -0.4 is 5.32 Å². The van der Waals surface area contributed by atoms with Crippen molar-refractivity contribution in [2.24, 2.45) is 11.8 Å². The SMILES string of the molecule is CC(C)CC(C)(O)CNCC(O)COCC1CC1. The molecule has 2 atom stereocenters. The maximum Gasteiger partial charge on any atom is 0.0897 e. The molecule has 0 aromatic rings. The van der Waals surface area contributed by atoms with Crippen LogP contribution in [0, 0.1) is 11.8 Å². The lowest BCUT2D eigenvalue weighted by atomic mass is 9.94. The lowest BCUT2D eigenvalue weighted by Gasteiger charge is -2.26. The fraction of sp³-hybridized carbons (Fsp3) is 1.00. The summed E-state index contributed by atoms with van der Waals surface area (Å²) < 4.78 is 5.41. The first-order valence-electron chi connectivity index (χ1n) is 7.08. The van der Waals surface area contributed by atoms with E-state index in [1.165, 1.54) is 12.8 Å². The third-order valence-corrected chi connectivity index (χ3v) is 3.09. The van der Waals surface area contributed by atoms with Crippen LogP contribution in [0.3, 0.4) is 0 Å². The van der Waals surface area contributed by atoms with Gasteiger partial charge < -0.3 is 20.3 Å². The summed E-state index contributed by atoms with van der Waals surface area (Å²) in [4.78, 5) is 0. The van der Waals surface area contributed by atoms with Crippen LogP contribution in [0.5, 0.6) is 0 Å². The Morgan fingerprint density at radius 2 is 2.06 bits per heavy atom. The van der Waals surface area contributed by atoms with Crippen LogP contribution in [0.15, 0.2) is 0 Å². The average molecular weight is 259 g/mol. The van der Waals surface area contributed by atoms with Crippen LogP contribution in [0.25, 0.3) is 0 Å². The highest BCUT2D eigenvalue weighted by atomic mass is 16.5. The van der Waals surface area contributed by atoms with Gasteiger partial charge in [0.15, 0.2) is 0 Å². The maximum absolute atomic E-state index is 10.1. The fourth-order valence-corrected chi connectivity index (χ4v) is 2.17. The van der Waals surface area contributed by atoms with Crippen molar-refractivity contribution in [3.8, 4) is 0 Å². The Labute approximate surface area is 111 Å². The summed E-state index contributed by atoms with van der Waals surface area (Å²) in [6.07, 6.45) is 2.81. The van der Waals surface area contributed by atoms with Gasteiger partial charge in [-0.05, 0) is 38.0 Å². The molecule has 2 unspecified atom stereocenters. The molecule has 0 amide bonds. The minimum Gasteiger partial charge on any atom is -0.389 e. The van der Waals surface area contributed by atoms with Crippen molar-refractivity contribution in [3.05, 3.63) is 0 Å². The first-order valence-corrected chi connectivity index (χ1v) is 7.08. The van der Waals surface area contributed by atoms with Gasteiger partial charge in [-0.3, -0.25) is 0 Å². The Morgan fingerprint density at radius 3 is 2.61 bits per heavy atom. The van der Waals surface area contributed by atoms with Crippen LogP contribution in [0.1, 0.15) is 40.0 Å². The summed E-state index contributed by atoms with van der Waals surface area (Å²) >= 11 is 0. The van der Waals surface area contributed by atoms with Gasteiger partial charge in [-0.15, -0.1) is 0 Å². The van der Waals surface area contributed by atoms with Gasteiger partial charge in [-0.25, -0.2) is 0 Å². The highest BCUT2D eigenvalue weighted by Gasteiger charge is 2.23. The quantitative estimate of drug-likeness (QED) is 0.551. The molecule has 1 aliphatic rings. The molecule has 0 saturated heterocycles. The lowest BCUT2D eigenvalue weighted by molar-refractivity contribution is 0.0176. The summed E-state index contributed by atoms with van der Waals surface area (Å²) in [5, 5.41) is 22.9. The zero-order valence-corrected chi connectivity index (χ0v) is 12.0. The van der Waals surface area contributed by atoms with E-state index in [9.17, 15) is 10.2 Å². The van der Waals surface area contributed by atoms with Gasteiger partial charge in [0, 0.05) is 19.7 Å². The molecule has 4 nitrogen and oxygen atoms in total. The number of hydrogen-bond donors (Lipinski definition) is 3. The maximum atomic E-state index is 10.1. The molecule has 0 aromatic heterocycles. The standard InChI is InChI=1S/C14H29NO3/c1-11(2)6-14(3,17)10-15-7-13(16)9-18-8-12-4-5-12/h11-13,15-17H,4-10H2,1-3H3. The van der Waals surface area contributed by atoms with Gasteiger partial charge in [0.1, 0.15) is 0 Å². The molecule has 18 heavy (non-hydrogen) atoms. The second-order valence-corrected chi connectivity index (χ2v) is 6.36. The topological polar surface area (TPSA) is 61.7 Å². The zero-order valence-electron chi connectivity index (χ0n) is 12.0. The van der Waals surface area contributed by atoms with Crippen LogP contribution >= 0.6 is 0 Å². The fourth-order valence-electron chi connectivity index (χ4n) is 2.17. The number of rotatable bonds is 10. The van der Waals surface area contributed by atoms with Gasteiger partial charge in [0.2, 0.25) is 0 Å². The lowest BCUT2D eigenvalue weighted by Crippen LogP contribution is -2.42. The number of nitrogens with one attached hydrogen (secondary N) is 1. The predicted molar refractivity (Wildman–Crippen MR) is 72.5 cm³/mol. The van der Waals surface area contributed by atoms with Gasteiger partial charge >= 0.3 is 0 Å². The molecule has 0 aliphatic heterocycles. The molecule has 1 saturated carbocycles. The smallest absolute Gasteiger partial charge is 0.0897 e. The predicted octanol–water partition coefficient (Wildman–Crippen LogP) is 1.16. The molecule has 4 heteroatoms. The molecule has 0 radical (unpaired) electrons. The molecule has 0 heterocycles. The van der Waals surface area contributed by atoms with Crippen molar-refractivity contribution in [1.29, 1.82) is 0 Å². The molecule has 0 spiro atoms. The summed E-state index contributed by atoms with van der Waals surface area (Å²) in [5.41, 5.74) is -0.706. The highest BCUT2D eigenvalue weighted by Crippen LogP contribution is 2.28. The van der Waals surface area contributed by atoms with E-state index in [1.54, 1.807) is 0 Å². The summed E-state index contributed by atoms with van der Waals surface area (Å²) in [6, 6.07) is 0. The van der Waals surface area contributed by atoms with E-state index < -0.39 is 11.7 Å².